The van der Waals surface area contributed by atoms with Gasteiger partial charge in [-0.15, -0.1) is 0 Å². The van der Waals surface area contributed by atoms with E-state index in [1.807, 2.05) is 6.08 Å². The summed E-state index contributed by atoms with van der Waals surface area (Å²) in [6.07, 6.45) is 6.37. The molecule has 0 heterocycles. The van der Waals surface area contributed by atoms with Crippen LogP contribution >= 0.6 is 0 Å². The number of ketones is 1. The van der Waals surface area contributed by atoms with Crippen LogP contribution in [0.2, 0.25) is 0 Å². The largest absolute Gasteiger partial charge is 0.392 e. The first-order valence-corrected chi connectivity index (χ1v) is 6.34. The maximum Gasteiger partial charge on any atom is 0.156 e. The van der Waals surface area contributed by atoms with Crippen LogP contribution in [0.4, 0.5) is 0 Å². The van der Waals surface area contributed by atoms with Gasteiger partial charge in [-0.25, -0.2) is 0 Å². The SMILES string of the molecule is CC(=CCO)CCC1C(C)=CC(=O)CC1(C)C. The van der Waals surface area contributed by atoms with E-state index in [0.29, 0.717) is 12.3 Å². The Morgan fingerprint density at radius 1 is 1.59 bits per heavy atom. The highest BCUT2D eigenvalue weighted by molar-refractivity contribution is 5.91. The van der Waals surface area contributed by atoms with Gasteiger partial charge in [0.25, 0.3) is 0 Å². The van der Waals surface area contributed by atoms with Crippen LogP contribution in [-0.2, 0) is 4.79 Å². The third-order valence-electron chi connectivity index (χ3n) is 3.78. The van der Waals surface area contributed by atoms with E-state index in [0.717, 1.165) is 12.8 Å². The summed E-state index contributed by atoms with van der Waals surface area (Å²) in [5.74, 6) is 0.730. The van der Waals surface area contributed by atoms with Crippen molar-refractivity contribution in [2.24, 2.45) is 11.3 Å². The lowest BCUT2D eigenvalue weighted by Gasteiger charge is -2.38. The summed E-state index contributed by atoms with van der Waals surface area (Å²) in [6.45, 7) is 8.59. The van der Waals surface area contributed by atoms with E-state index >= 15 is 0 Å². The lowest BCUT2D eigenvalue weighted by atomic mass is 9.66. The average molecular weight is 236 g/mol. The molecule has 1 aliphatic carbocycles. The van der Waals surface area contributed by atoms with Gasteiger partial charge in [0.1, 0.15) is 0 Å². The Hall–Kier alpha value is -0.890. The number of rotatable bonds is 4. The van der Waals surface area contributed by atoms with Gasteiger partial charge in [-0.05, 0) is 44.1 Å². The van der Waals surface area contributed by atoms with Crippen molar-refractivity contribution in [2.45, 2.75) is 47.0 Å². The second kappa shape index (κ2) is 5.63. The molecule has 0 saturated heterocycles. The predicted octanol–water partition coefficient (Wildman–Crippen LogP) is 3.27. The standard InChI is InChI=1S/C15H24O2/c1-11(7-8-16)5-6-14-12(2)9-13(17)10-15(14,3)4/h7,9,14,16H,5-6,8,10H2,1-4H3. The number of hydrogen-bond acceptors (Lipinski definition) is 2. The maximum atomic E-state index is 11.6. The number of carbonyl (C=O) groups is 1. The molecule has 1 unspecified atom stereocenters. The lowest BCUT2D eigenvalue weighted by molar-refractivity contribution is -0.117. The summed E-state index contributed by atoms with van der Waals surface area (Å²) in [5.41, 5.74) is 2.51. The molecule has 0 aliphatic heterocycles. The first kappa shape index (κ1) is 14.2. The van der Waals surface area contributed by atoms with Gasteiger partial charge in [0.15, 0.2) is 5.78 Å². The molecule has 1 atom stereocenters. The van der Waals surface area contributed by atoms with Crippen LogP contribution < -0.4 is 0 Å². The molecule has 2 heteroatoms. The van der Waals surface area contributed by atoms with Gasteiger partial charge in [-0.1, -0.05) is 31.1 Å². The molecular weight excluding hydrogens is 212 g/mol. The highest BCUT2D eigenvalue weighted by atomic mass is 16.2. The molecule has 0 spiro atoms. The molecular formula is C15H24O2. The van der Waals surface area contributed by atoms with Gasteiger partial charge in [-0.3, -0.25) is 4.79 Å². The zero-order chi connectivity index (χ0) is 13.1. The Morgan fingerprint density at radius 2 is 2.24 bits per heavy atom. The number of aliphatic hydroxyl groups is 1. The van der Waals surface area contributed by atoms with E-state index in [-0.39, 0.29) is 17.8 Å². The maximum absolute atomic E-state index is 11.6. The first-order chi connectivity index (χ1) is 7.86. The van der Waals surface area contributed by atoms with Gasteiger partial charge in [-0.2, -0.15) is 0 Å². The highest BCUT2D eigenvalue weighted by Crippen LogP contribution is 2.42. The van der Waals surface area contributed by atoms with Crippen LogP contribution in [0.15, 0.2) is 23.3 Å². The Kier molecular flexibility index (Phi) is 4.70. The summed E-state index contributed by atoms with van der Waals surface area (Å²) >= 11 is 0. The summed E-state index contributed by atoms with van der Waals surface area (Å²) in [7, 11) is 0. The van der Waals surface area contributed by atoms with Crippen LogP contribution in [0.5, 0.6) is 0 Å². The smallest absolute Gasteiger partial charge is 0.156 e. The van der Waals surface area contributed by atoms with Gasteiger partial charge >= 0.3 is 0 Å². The molecule has 0 aromatic heterocycles. The zero-order valence-corrected chi connectivity index (χ0v) is 11.4. The average Bonchev–Trinajstić information content (AvgIpc) is 2.14. The van der Waals surface area contributed by atoms with Crippen LogP contribution in [0.25, 0.3) is 0 Å². The second-order valence-electron chi connectivity index (χ2n) is 5.84. The molecule has 0 saturated carbocycles. The van der Waals surface area contributed by atoms with Crippen LogP contribution in [0, 0.1) is 11.3 Å². The zero-order valence-electron chi connectivity index (χ0n) is 11.4. The minimum Gasteiger partial charge on any atom is -0.392 e. The molecule has 17 heavy (non-hydrogen) atoms. The molecule has 0 amide bonds. The molecule has 1 N–H and O–H groups in total. The van der Waals surface area contributed by atoms with Gasteiger partial charge in [0, 0.05) is 6.42 Å². The van der Waals surface area contributed by atoms with E-state index in [4.69, 9.17) is 5.11 Å². The van der Waals surface area contributed by atoms with Crippen molar-refractivity contribution in [3.8, 4) is 0 Å². The normalized spacial score (nSPS) is 24.8. The minimum absolute atomic E-state index is 0.0649. The molecule has 0 bridgehead atoms. The summed E-state index contributed by atoms with van der Waals surface area (Å²) in [4.78, 5) is 11.6. The quantitative estimate of drug-likeness (QED) is 0.761. The first-order valence-electron chi connectivity index (χ1n) is 6.34. The monoisotopic (exact) mass is 236 g/mol. The van der Waals surface area contributed by atoms with Gasteiger partial charge in [0.2, 0.25) is 0 Å². The third kappa shape index (κ3) is 3.81. The van der Waals surface area contributed by atoms with Crippen molar-refractivity contribution in [1.29, 1.82) is 0 Å². The fraction of sp³-hybridized carbons (Fsp3) is 0.667. The van der Waals surface area contributed by atoms with Crippen LogP contribution in [-0.4, -0.2) is 17.5 Å². The minimum atomic E-state index is 0.0649. The van der Waals surface area contributed by atoms with Crippen molar-refractivity contribution in [1.82, 2.24) is 0 Å². The molecule has 0 aromatic rings. The number of carbonyl (C=O) groups excluding carboxylic acids is 1. The van der Waals surface area contributed by atoms with Crippen molar-refractivity contribution >= 4 is 5.78 Å². The number of aliphatic hydroxyl groups excluding tert-OH is 1. The molecule has 1 aliphatic rings. The fourth-order valence-corrected chi connectivity index (χ4v) is 2.84. The summed E-state index contributed by atoms with van der Waals surface area (Å²) in [5, 5.41) is 8.83. The lowest BCUT2D eigenvalue weighted by Crippen LogP contribution is -2.31. The predicted molar refractivity (Wildman–Crippen MR) is 70.7 cm³/mol. The molecule has 0 fully saturated rings. The Balaban J connectivity index is 2.72. The van der Waals surface area contributed by atoms with Crippen molar-refractivity contribution in [3.63, 3.8) is 0 Å². The highest BCUT2D eigenvalue weighted by Gasteiger charge is 2.35. The van der Waals surface area contributed by atoms with Gasteiger partial charge in [0.05, 0.1) is 6.61 Å². The van der Waals surface area contributed by atoms with E-state index in [9.17, 15) is 4.79 Å². The summed E-state index contributed by atoms with van der Waals surface area (Å²) < 4.78 is 0. The molecule has 1 rings (SSSR count). The Morgan fingerprint density at radius 3 is 2.76 bits per heavy atom. The number of hydrogen-bond donors (Lipinski definition) is 1. The van der Waals surface area contributed by atoms with Crippen LogP contribution in [0.3, 0.4) is 0 Å². The Bertz CT molecular complexity index is 348. The van der Waals surface area contributed by atoms with E-state index in [1.165, 1.54) is 11.1 Å². The van der Waals surface area contributed by atoms with E-state index < -0.39 is 0 Å². The third-order valence-corrected chi connectivity index (χ3v) is 3.78. The summed E-state index contributed by atoms with van der Waals surface area (Å²) in [6, 6.07) is 0. The van der Waals surface area contributed by atoms with Crippen LogP contribution in [0.1, 0.15) is 47.0 Å². The Labute approximate surface area is 104 Å². The molecule has 0 radical (unpaired) electrons. The van der Waals surface area contributed by atoms with Gasteiger partial charge < -0.3 is 5.11 Å². The van der Waals surface area contributed by atoms with Crippen molar-refractivity contribution in [3.05, 3.63) is 23.3 Å². The molecule has 0 aromatic carbocycles. The van der Waals surface area contributed by atoms with Crippen molar-refractivity contribution < 1.29 is 9.90 Å². The van der Waals surface area contributed by atoms with E-state index in [1.54, 1.807) is 6.08 Å². The fourth-order valence-electron chi connectivity index (χ4n) is 2.84. The number of allylic oxidation sites excluding steroid dienone is 3. The molecule has 2 nitrogen and oxygen atoms in total. The van der Waals surface area contributed by atoms with E-state index in [2.05, 4.69) is 27.7 Å². The topological polar surface area (TPSA) is 37.3 Å². The second-order valence-corrected chi connectivity index (χ2v) is 5.84. The van der Waals surface area contributed by atoms with Crippen molar-refractivity contribution in [2.75, 3.05) is 6.61 Å². The molecule has 96 valence electrons.